The van der Waals surface area contributed by atoms with E-state index in [9.17, 15) is 19.2 Å². The van der Waals surface area contributed by atoms with Crippen LogP contribution in [-0.4, -0.2) is 36.2 Å². The Morgan fingerprint density at radius 1 is 1.00 bits per heavy atom. The highest BCUT2D eigenvalue weighted by atomic mass is 16.5. The maximum Gasteiger partial charge on any atom is 0.338 e. The molecular weight excluding hydrogens is 372 g/mol. The number of nitrogens with one attached hydrogen (secondary N) is 1. The van der Waals surface area contributed by atoms with Crippen LogP contribution in [0.3, 0.4) is 0 Å². The second-order valence-electron chi connectivity index (χ2n) is 6.87. The summed E-state index contributed by atoms with van der Waals surface area (Å²) in [5, 5.41) is 2.62. The number of nitrogens with zero attached hydrogens (tertiary/aromatic N) is 1. The Labute approximate surface area is 168 Å². The highest BCUT2D eigenvalue weighted by molar-refractivity contribution is 6.02. The minimum Gasteiger partial charge on any atom is -0.451 e. The monoisotopic (exact) mass is 394 g/mol. The van der Waals surface area contributed by atoms with Gasteiger partial charge in [-0.05, 0) is 61.9 Å². The molecule has 7 heteroatoms. The molecule has 7 nitrogen and oxygen atoms in total. The molecule has 0 unspecified atom stereocenters. The summed E-state index contributed by atoms with van der Waals surface area (Å²) in [5.74, 6) is -1.08. The number of ketones is 1. The van der Waals surface area contributed by atoms with Gasteiger partial charge in [-0.25, -0.2) is 4.79 Å². The average Bonchev–Trinajstić information content (AvgIpc) is 3.13. The summed E-state index contributed by atoms with van der Waals surface area (Å²) in [6.07, 6.45) is 0.400. The first-order valence-corrected chi connectivity index (χ1v) is 9.38. The van der Waals surface area contributed by atoms with Crippen LogP contribution in [-0.2, 0) is 14.3 Å². The van der Waals surface area contributed by atoms with Crippen LogP contribution >= 0.6 is 0 Å². The van der Waals surface area contributed by atoms with Crippen molar-refractivity contribution >= 4 is 34.9 Å². The molecule has 1 N–H and O–H groups in total. The zero-order chi connectivity index (χ0) is 21.0. The number of hydrogen-bond donors (Lipinski definition) is 1. The predicted octanol–water partition coefficient (Wildman–Crippen LogP) is 3.20. The van der Waals surface area contributed by atoms with Crippen LogP contribution in [0.15, 0.2) is 48.5 Å². The van der Waals surface area contributed by atoms with Gasteiger partial charge in [-0.15, -0.1) is 0 Å². The molecule has 0 aromatic heterocycles. The second kappa shape index (κ2) is 8.68. The maximum absolute atomic E-state index is 12.5. The summed E-state index contributed by atoms with van der Waals surface area (Å²) in [7, 11) is 0. The van der Waals surface area contributed by atoms with Crippen molar-refractivity contribution in [3.8, 4) is 0 Å². The molecule has 3 rings (SSSR count). The van der Waals surface area contributed by atoms with Crippen LogP contribution in [0.2, 0.25) is 0 Å². The molecule has 1 fully saturated rings. The Hall–Kier alpha value is -3.48. The summed E-state index contributed by atoms with van der Waals surface area (Å²) < 4.78 is 5.30. The van der Waals surface area contributed by atoms with Crippen molar-refractivity contribution in [2.45, 2.75) is 32.8 Å². The molecule has 0 radical (unpaired) electrons. The van der Waals surface area contributed by atoms with Crippen LogP contribution < -0.4 is 10.2 Å². The number of amides is 2. The molecule has 2 aromatic rings. The van der Waals surface area contributed by atoms with Gasteiger partial charge in [0.15, 0.2) is 6.10 Å². The summed E-state index contributed by atoms with van der Waals surface area (Å²) in [6, 6.07) is 12.9. The first-order valence-electron chi connectivity index (χ1n) is 9.38. The normalized spacial score (nSPS) is 14.4. The predicted molar refractivity (Wildman–Crippen MR) is 108 cm³/mol. The van der Waals surface area contributed by atoms with Crippen LogP contribution in [0.4, 0.5) is 11.4 Å². The molecular formula is C22H22N2O5. The molecule has 0 bridgehead atoms. The molecule has 2 aromatic carbocycles. The smallest absolute Gasteiger partial charge is 0.338 e. The fourth-order valence-corrected chi connectivity index (χ4v) is 3.14. The van der Waals surface area contributed by atoms with Gasteiger partial charge in [0, 0.05) is 36.8 Å². The molecule has 0 aliphatic carbocycles. The van der Waals surface area contributed by atoms with Crippen molar-refractivity contribution in [2.75, 3.05) is 16.8 Å². The Morgan fingerprint density at radius 3 is 2.17 bits per heavy atom. The number of hydrogen-bond acceptors (Lipinski definition) is 5. The largest absolute Gasteiger partial charge is 0.451 e. The molecule has 1 heterocycles. The number of carbonyl (C=O) groups is 4. The van der Waals surface area contributed by atoms with E-state index in [1.165, 1.54) is 13.8 Å². The topological polar surface area (TPSA) is 92.8 Å². The Morgan fingerprint density at radius 2 is 1.62 bits per heavy atom. The van der Waals surface area contributed by atoms with Crippen LogP contribution in [0, 0.1) is 0 Å². The standard InChI is InChI=1S/C22H22N2O5/c1-14(21(27)16-5-9-18(10-6-16)23-15(2)25)29-22(28)17-7-11-19(12-8-17)24-13-3-4-20(24)26/h5-12,14H,3-4,13H2,1-2H3,(H,23,25)/t14-/m0/s1. The number of Topliss-reactive ketones (excluding diaryl/α,β-unsaturated/α-hetero) is 1. The number of benzene rings is 2. The fourth-order valence-electron chi connectivity index (χ4n) is 3.14. The van der Waals surface area contributed by atoms with Gasteiger partial charge in [0.05, 0.1) is 5.56 Å². The molecule has 1 saturated heterocycles. The lowest BCUT2D eigenvalue weighted by Gasteiger charge is -2.16. The van der Waals surface area contributed by atoms with Crippen LogP contribution in [0.5, 0.6) is 0 Å². The lowest BCUT2D eigenvalue weighted by atomic mass is 10.1. The first kappa shape index (κ1) is 20.3. The fraction of sp³-hybridized carbons (Fsp3) is 0.273. The van der Waals surface area contributed by atoms with Gasteiger partial charge in [0.25, 0.3) is 0 Å². The molecule has 2 amide bonds. The van der Waals surface area contributed by atoms with Gasteiger partial charge >= 0.3 is 5.97 Å². The van der Waals surface area contributed by atoms with Gasteiger partial charge in [-0.2, -0.15) is 0 Å². The SMILES string of the molecule is CC(=O)Nc1ccc(C(=O)[C@H](C)OC(=O)c2ccc(N3CCCC3=O)cc2)cc1. The second-order valence-corrected chi connectivity index (χ2v) is 6.87. The van der Waals surface area contributed by atoms with Gasteiger partial charge in [0.1, 0.15) is 0 Å². The maximum atomic E-state index is 12.5. The summed E-state index contributed by atoms with van der Waals surface area (Å²) >= 11 is 0. The highest BCUT2D eigenvalue weighted by Crippen LogP contribution is 2.22. The van der Waals surface area contributed by atoms with Crippen molar-refractivity contribution in [3.05, 3.63) is 59.7 Å². The Bertz CT molecular complexity index is 935. The number of carbonyl (C=O) groups excluding carboxylic acids is 4. The van der Waals surface area contributed by atoms with Crippen LogP contribution in [0.1, 0.15) is 47.4 Å². The lowest BCUT2D eigenvalue weighted by molar-refractivity contribution is -0.117. The van der Waals surface area contributed by atoms with E-state index in [1.807, 2.05) is 0 Å². The molecule has 1 aliphatic rings. The van der Waals surface area contributed by atoms with Crippen molar-refractivity contribution in [3.63, 3.8) is 0 Å². The van der Waals surface area contributed by atoms with Crippen LogP contribution in [0.25, 0.3) is 0 Å². The van der Waals surface area contributed by atoms with Gasteiger partial charge in [-0.3, -0.25) is 14.4 Å². The van der Waals surface area contributed by atoms with Crippen molar-refractivity contribution in [2.24, 2.45) is 0 Å². The van der Waals surface area contributed by atoms with Crippen molar-refractivity contribution in [1.82, 2.24) is 0 Å². The van der Waals surface area contributed by atoms with E-state index >= 15 is 0 Å². The third-order valence-electron chi connectivity index (χ3n) is 4.63. The van der Waals surface area contributed by atoms with E-state index in [0.717, 1.165) is 12.1 Å². The zero-order valence-corrected chi connectivity index (χ0v) is 16.3. The van der Waals surface area contributed by atoms with E-state index in [1.54, 1.807) is 53.4 Å². The molecule has 0 spiro atoms. The van der Waals surface area contributed by atoms with Gasteiger partial charge in [0.2, 0.25) is 17.6 Å². The highest BCUT2D eigenvalue weighted by Gasteiger charge is 2.23. The quantitative estimate of drug-likeness (QED) is 0.600. The van der Waals surface area contributed by atoms with Crippen molar-refractivity contribution in [1.29, 1.82) is 0 Å². The van der Waals surface area contributed by atoms with E-state index in [0.29, 0.717) is 29.8 Å². The summed E-state index contributed by atoms with van der Waals surface area (Å²) in [6.45, 7) is 3.59. The molecule has 29 heavy (non-hydrogen) atoms. The Balaban J connectivity index is 1.61. The molecule has 1 aliphatic heterocycles. The zero-order valence-electron chi connectivity index (χ0n) is 16.3. The molecule has 150 valence electrons. The van der Waals surface area contributed by atoms with Gasteiger partial charge in [-0.1, -0.05) is 0 Å². The van der Waals surface area contributed by atoms with Crippen molar-refractivity contribution < 1.29 is 23.9 Å². The minimum atomic E-state index is -0.964. The molecule has 0 saturated carbocycles. The third-order valence-corrected chi connectivity index (χ3v) is 4.63. The third kappa shape index (κ3) is 4.87. The van der Waals surface area contributed by atoms with E-state index in [2.05, 4.69) is 5.32 Å². The van der Waals surface area contributed by atoms with E-state index in [-0.39, 0.29) is 17.6 Å². The Kier molecular flexibility index (Phi) is 6.07. The van der Waals surface area contributed by atoms with E-state index < -0.39 is 12.1 Å². The van der Waals surface area contributed by atoms with E-state index in [4.69, 9.17) is 4.74 Å². The number of rotatable bonds is 6. The van der Waals surface area contributed by atoms with Gasteiger partial charge < -0.3 is 15.0 Å². The number of anilines is 2. The minimum absolute atomic E-state index is 0.0732. The number of ether oxygens (including phenoxy) is 1. The summed E-state index contributed by atoms with van der Waals surface area (Å²) in [4.78, 5) is 49.4. The summed E-state index contributed by atoms with van der Waals surface area (Å²) in [5.41, 5.74) is 2.01. The average molecular weight is 394 g/mol. The number of esters is 1. The lowest BCUT2D eigenvalue weighted by Crippen LogP contribution is -2.25. The molecule has 1 atom stereocenters. The first-order chi connectivity index (χ1) is 13.8.